The van der Waals surface area contributed by atoms with Crippen LogP contribution in [0.2, 0.25) is 0 Å². The van der Waals surface area contributed by atoms with E-state index in [-0.39, 0.29) is 38.7 Å². The number of nitrogens with one attached hydrogen (secondary N) is 2. The lowest BCUT2D eigenvalue weighted by atomic mass is 9.86. The molecule has 0 aromatic heterocycles. The van der Waals surface area contributed by atoms with Crippen molar-refractivity contribution in [3.05, 3.63) is 64.7 Å². The zero-order valence-corrected chi connectivity index (χ0v) is 23.6. The first-order valence-electron chi connectivity index (χ1n) is 13.2. The number of carbonyl (C=O) groups excluding carboxylic acids is 3. The van der Waals surface area contributed by atoms with Gasteiger partial charge in [0, 0.05) is 29.9 Å². The summed E-state index contributed by atoms with van der Waals surface area (Å²) in [5.41, 5.74) is -2.77. The van der Waals surface area contributed by atoms with Crippen LogP contribution in [0.15, 0.2) is 42.5 Å². The summed E-state index contributed by atoms with van der Waals surface area (Å²) in [6.45, 7) is -0.772. The molecule has 0 saturated carbocycles. The Morgan fingerprint density at radius 3 is 2.00 bits per heavy atom. The summed E-state index contributed by atoms with van der Waals surface area (Å²) in [5.74, 6) is -27.5. The molecule has 46 heavy (non-hydrogen) atoms. The lowest BCUT2D eigenvalue weighted by Gasteiger charge is -2.56. The number of piperidine rings is 1. The van der Waals surface area contributed by atoms with Crippen LogP contribution < -0.4 is 10.6 Å². The minimum Gasteiger partial charge on any atom is -0.381 e. The van der Waals surface area contributed by atoms with Gasteiger partial charge in [-0.3, -0.25) is 29.3 Å². The van der Waals surface area contributed by atoms with Crippen LogP contribution in [0.25, 0.3) is 0 Å². The number of hydrogen-bond acceptors (Lipinski definition) is 18. The number of rotatable bonds is 6. The van der Waals surface area contributed by atoms with Gasteiger partial charge >= 0.3 is 17.7 Å². The van der Waals surface area contributed by atoms with Crippen LogP contribution in [-0.2, 0) is 34.0 Å². The van der Waals surface area contributed by atoms with Gasteiger partial charge in [-0.15, -0.1) is 0 Å². The molecule has 2 atom stereocenters. The Bertz CT molecular complexity index is 1580. The summed E-state index contributed by atoms with van der Waals surface area (Å²) in [6.07, 6.45) is 0. The second-order valence-corrected chi connectivity index (χ2v) is 11.2. The predicted molar refractivity (Wildman–Crippen MR) is 141 cm³/mol. The molecule has 2 unspecified atom stereocenters. The molecular weight excluding hydrogens is 624 g/mol. The van der Waals surface area contributed by atoms with E-state index >= 15 is 0 Å². The topological polar surface area (TPSA) is 334 Å². The smallest absolute Gasteiger partial charge is 0.354 e. The van der Waals surface area contributed by atoms with Gasteiger partial charge in [0.25, 0.3) is 35.1 Å². The summed E-state index contributed by atoms with van der Waals surface area (Å²) in [7, 11) is 0. The van der Waals surface area contributed by atoms with Gasteiger partial charge in [0.2, 0.25) is 5.79 Å². The van der Waals surface area contributed by atoms with Gasteiger partial charge < -0.3 is 66.6 Å². The first-order valence-corrected chi connectivity index (χ1v) is 13.2. The normalized spacial score (nSPS) is 29.3. The first kappa shape index (κ1) is 33.6. The van der Waals surface area contributed by atoms with E-state index in [2.05, 4.69) is 10.1 Å². The number of anilines is 1. The van der Waals surface area contributed by atoms with Gasteiger partial charge in [0.1, 0.15) is 0 Å². The molecule has 250 valence electrons. The number of ether oxygens (including phenoxy) is 1. The molecule has 0 radical (unpaired) electrons. The average Bonchev–Trinajstić information content (AvgIpc) is 3.29. The van der Waals surface area contributed by atoms with E-state index in [4.69, 9.17) is 0 Å². The van der Waals surface area contributed by atoms with Gasteiger partial charge in [-0.1, -0.05) is 30.3 Å². The molecule has 0 bridgehead atoms. The molecule has 3 heterocycles. The molecule has 2 saturated heterocycles. The van der Waals surface area contributed by atoms with E-state index in [9.17, 15) is 75.7 Å². The molecule has 20 heteroatoms. The molecule has 20 nitrogen and oxygen atoms in total. The zero-order valence-electron chi connectivity index (χ0n) is 23.6. The molecule has 3 aliphatic rings. The monoisotopic (exact) mass is 654 g/mol. The Balaban J connectivity index is 1.34. The number of aliphatic hydroxyl groups is 12. The third-order valence-electron chi connectivity index (χ3n) is 8.19. The number of hydrogen-bond donors (Lipinski definition) is 14. The van der Waals surface area contributed by atoms with E-state index in [1.54, 1.807) is 0 Å². The highest BCUT2D eigenvalue weighted by Gasteiger charge is 2.76. The molecule has 0 spiro atoms. The van der Waals surface area contributed by atoms with Gasteiger partial charge in [-0.2, -0.15) is 4.90 Å². The fraction of sp³-hybridized carbons (Fsp3) is 0.423. The molecule has 14 N–H and O–H groups in total. The summed E-state index contributed by atoms with van der Waals surface area (Å²) >= 11 is 0. The second-order valence-electron chi connectivity index (χ2n) is 11.2. The van der Waals surface area contributed by atoms with Crippen molar-refractivity contribution in [2.45, 2.75) is 67.4 Å². The Labute approximate surface area is 256 Å². The number of imide groups is 1. The maximum atomic E-state index is 13.2. The fourth-order valence-electron chi connectivity index (χ4n) is 5.33. The highest BCUT2D eigenvalue weighted by atomic mass is 16.9. The van der Waals surface area contributed by atoms with Crippen LogP contribution in [0.5, 0.6) is 0 Å². The van der Waals surface area contributed by atoms with Crippen molar-refractivity contribution in [1.29, 1.82) is 0 Å². The fourth-order valence-corrected chi connectivity index (χ4v) is 5.33. The van der Waals surface area contributed by atoms with Gasteiger partial charge in [-0.25, -0.2) is 0 Å². The number of carbonyl (C=O) groups is 3. The van der Waals surface area contributed by atoms with Crippen LogP contribution in [-0.4, -0.2) is 130 Å². The number of benzene rings is 2. The van der Waals surface area contributed by atoms with E-state index < -0.39 is 71.7 Å². The van der Waals surface area contributed by atoms with Crippen LogP contribution >= 0.6 is 0 Å². The predicted octanol–water partition coefficient (Wildman–Crippen LogP) is -6.58. The Hall–Kier alpha value is -3.71. The van der Waals surface area contributed by atoms with E-state index in [1.165, 1.54) is 47.8 Å². The zero-order chi connectivity index (χ0) is 34.5. The molecule has 2 aromatic rings. The van der Waals surface area contributed by atoms with Crippen molar-refractivity contribution in [1.82, 2.24) is 15.1 Å². The minimum absolute atomic E-state index is 0.0288. The molecule has 2 fully saturated rings. The highest BCUT2D eigenvalue weighted by molar-refractivity contribution is 6.10. The molecule has 5 rings (SSSR count). The lowest BCUT2D eigenvalue weighted by molar-refractivity contribution is -0.624. The van der Waals surface area contributed by atoms with Crippen molar-refractivity contribution in [3.63, 3.8) is 0 Å². The van der Waals surface area contributed by atoms with Crippen LogP contribution in [0.3, 0.4) is 0 Å². The van der Waals surface area contributed by atoms with Crippen molar-refractivity contribution < 1.29 is 80.4 Å². The molecular formula is C26H30N4O16. The van der Waals surface area contributed by atoms with Gasteiger partial charge in [-0.05, 0) is 30.2 Å². The Kier molecular flexibility index (Phi) is 7.42. The third kappa shape index (κ3) is 4.52. The molecule has 3 aliphatic heterocycles. The van der Waals surface area contributed by atoms with Gasteiger partial charge in [0.05, 0.1) is 6.54 Å². The summed E-state index contributed by atoms with van der Waals surface area (Å²) in [4.78, 5) is 37.8. The van der Waals surface area contributed by atoms with Crippen LogP contribution in [0.4, 0.5) is 5.69 Å². The molecule has 2 aromatic carbocycles. The number of nitrogens with zero attached hydrogens (tertiary/aromatic N) is 2. The Morgan fingerprint density at radius 2 is 1.39 bits per heavy atom. The Morgan fingerprint density at radius 1 is 0.804 bits per heavy atom. The quantitative estimate of drug-likeness (QED) is 0.102. The maximum absolute atomic E-state index is 13.2. The average molecular weight is 655 g/mol. The minimum atomic E-state index is -4.25. The summed E-state index contributed by atoms with van der Waals surface area (Å²) < 4.78 is 4.27. The van der Waals surface area contributed by atoms with Crippen molar-refractivity contribution in [3.8, 4) is 0 Å². The number of amides is 3. The van der Waals surface area contributed by atoms with Crippen LogP contribution in [0, 0.1) is 0 Å². The summed E-state index contributed by atoms with van der Waals surface area (Å²) in [6, 6.07) is 9.92. The van der Waals surface area contributed by atoms with Crippen molar-refractivity contribution in [2.75, 3.05) is 5.32 Å². The lowest BCUT2D eigenvalue weighted by Crippen LogP contribution is -2.85. The molecule has 0 aliphatic carbocycles. The first-order chi connectivity index (χ1) is 20.9. The second kappa shape index (κ2) is 10.1. The summed E-state index contributed by atoms with van der Waals surface area (Å²) in [5, 5.41) is 127. The SMILES string of the molecule is CC1(O)OC(O)(O)C(O)(O)N(Cc2ccc(CNc3cccc4c3CN(C3(O)C(=O)NC(=O)C(O)(O)C3(O)O)C4=O)cc2)C1(O)O. The standard InChI is InChI=1S/C26H30N4O16/c1-20(34)24(40,41)30(25(42,43)26(44,45)46-20)10-13-7-5-12(6-8-13)9-27-16-4-2-3-14-15(16)11-29(17(14)31)21(35)18(32)28-19(33)22(36,37)23(21,38)39/h2-8,27,34-45H,9-11H2,1H3,(H,28,32,33). The largest absolute Gasteiger partial charge is 0.381 e. The van der Waals surface area contributed by atoms with E-state index in [0.717, 1.165) is 0 Å². The highest BCUT2D eigenvalue weighted by Crippen LogP contribution is 2.44. The third-order valence-corrected chi connectivity index (χ3v) is 8.19. The van der Waals surface area contributed by atoms with E-state index in [0.29, 0.717) is 12.5 Å². The van der Waals surface area contributed by atoms with Gasteiger partial charge in [0.15, 0.2) is 0 Å². The van der Waals surface area contributed by atoms with Crippen molar-refractivity contribution >= 4 is 23.4 Å². The van der Waals surface area contributed by atoms with Crippen molar-refractivity contribution in [2.24, 2.45) is 0 Å². The van der Waals surface area contributed by atoms with Crippen LogP contribution in [0.1, 0.15) is 34.0 Å². The molecule has 3 amide bonds. The maximum Gasteiger partial charge on any atom is 0.354 e. The number of morpholine rings is 1. The number of fused-ring (bicyclic) bond motifs is 1. The van der Waals surface area contributed by atoms with E-state index in [1.807, 2.05) is 0 Å².